The molecule has 2 aromatic rings. The van der Waals surface area contributed by atoms with Gasteiger partial charge in [0.15, 0.2) is 24.0 Å². The van der Waals surface area contributed by atoms with Crippen molar-refractivity contribution < 1.29 is 22.7 Å². The molecule has 0 unspecified atom stereocenters. The molecule has 0 saturated carbocycles. The molecule has 0 fully saturated rings. The maximum Gasteiger partial charge on any atom is 0.200 e. The van der Waals surface area contributed by atoms with Crippen LogP contribution in [0.1, 0.15) is 10.4 Å². The van der Waals surface area contributed by atoms with Crippen molar-refractivity contribution in [1.29, 1.82) is 0 Å². The molecule has 0 spiro atoms. The molecule has 0 radical (unpaired) electrons. The minimum absolute atomic E-state index is 0.0166. The van der Waals surface area contributed by atoms with Gasteiger partial charge in [-0.2, -0.15) is 0 Å². The third-order valence-electron chi connectivity index (χ3n) is 2.50. The van der Waals surface area contributed by atoms with Crippen LogP contribution in [0.2, 0.25) is 5.02 Å². The standard InChI is InChI=1S/C14H8ClF3O2/c15-10-6-9(2-4-11(10)16)20-7-14(19)8-1-3-12(17)13(18)5-8/h1-6H,7H2. The largest absolute Gasteiger partial charge is 0.485 e. The number of carbonyl (C=O) groups excluding carboxylic acids is 1. The molecule has 0 aliphatic carbocycles. The maximum absolute atomic E-state index is 13.0. The van der Waals surface area contributed by atoms with E-state index in [2.05, 4.69) is 0 Å². The van der Waals surface area contributed by atoms with Gasteiger partial charge in [0.05, 0.1) is 5.02 Å². The molecule has 0 atom stereocenters. The first-order valence-corrected chi connectivity index (χ1v) is 5.91. The third kappa shape index (κ3) is 3.30. The second-order valence-corrected chi connectivity index (χ2v) is 4.32. The molecule has 6 heteroatoms. The van der Waals surface area contributed by atoms with Gasteiger partial charge in [-0.1, -0.05) is 11.6 Å². The molecule has 0 N–H and O–H groups in total. The number of hydrogen-bond acceptors (Lipinski definition) is 2. The van der Waals surface area contributed by atoms with Crippen molar-refractivity contribution in [3.63, 3.8) is 0 Å². The minimum Gasteiger partial charge on any atom is -0.485 e. The number of halogens is 4. The van der Waals surface area contributed by atoms with Gasteiger partial charge in [-0.25, -0.2) is 13.2 Å². The molecule has 20 heavy (non-hydrogen) atoms. The molecule has 2 aromatic carbocycles. The van der Waals surface area contributed by atoms with E-state index in [0.717, 1.165) is 24.3 Å². The zero-order valence-electron chi connectivity index (χ0n) is 10.00. The quantitative estimate of drug-likeness (QED) is 0.797. The zero-order valence-corrected chi connectivity index (χ0v) is 10.8. The van der Waals surface area contributed by atoms with E-state index in [4.69, 9.17) is 16.3 Å². The van der Waals surface area contributed by atoms with Crippen LogP contribution in [-0.2, 0) is 0 Å². The predicted octanol–water partition coefficient (Wildman–Crippen LogP) is 4.02. The van der Waals surface area contributed by atoms with Gasteiger partial charge in [0.2, 0.25) is 0 Å². The van der Waals surface area contributed by atoms with Crippen LogP contribution in [0.3, 0.4) is 0 Å². The van der Waals surface area contributed by atoms with E-state index in [1.165, 1.54) is 12.1 Å². The van der Waals surface area contributed by atoms with Crippen molar-refractivity contribution in [3.05, 3.63) is 64.4 Å². The fourth-order valence-electron chi connectivity index (χ4n) is 1.47. The van der Waals surface area contributed by atoms with E-state index in [1.807, 2.05) is 0 Å². The van der Waals surface area contributed by atoms with Crippen molar-refractivity contribution in [2.45, 2.75) is 0 Å². The van der Waals surface area contributed by atoms with Crippen LogP contribution in [-0.4, -0.2) is 12.4 Å². The summed E-state index contributed by atoms with van der Waals surface area (Å²) in [4.78, 5) is 11.7. The first-order chi connectivity index (χ1) is 9.47. The summed E-state index contributed by atoms with van der Waals surface area (Å²) >= 11 is 5.55. The van der Waals surface area contributed by atoms with E-state index >= 15 is 0 Å². The summed E-state index contributed by atoms with van der Waals surface area (Å²) < 4.78 is 43.7. The number of ether oxygens (including phenoxy) is 1. The highest BCUT2D eigenvalue weighted by molar-refractivity contribution is 6.30. The van der Waals surface area contributed by atoms with Crippen LogP contribution < -0.4 is 4.74 Å². The first kappa shape index (κ1) is 14.4. The van der Waals surface area contributed by atoms with Crippen LogP contribution in [0.25, 0.3) is 0 Å². The fourth-order valence-corrected chi connectivity index (χ4v) is 1.64. The highest BCUT2D eigenvalue weighted by atomic mass is 35.5. The third-order valence-corrected chi connectivity index (χ3v) is 2.79. The van der Waals surface area contributed by atoms with E-state index in [1.54, 1.807) is 0 Å². The summed E-state index contributed by atoms with van der Waals surface area (Å²) in [5.41, 5.74) is -0.0166. The lowest BCUT2D eigenvalue weighted by molar-refractivity contribution is 0.0921. The predicted molar refractivity (Wildman–Crippen MR) is 67.6 cm³/mol. The van der Waals surface area contributed by atoms with Gasteiger partial charge >= 0.3 is 0 Å². The van der Waals surface area contributed by atoms with Gasteiger partial charge in [0.25, 0.3) is 0 Å². The van der Waals surface area contributed by atoms with Crippen LogP contribution in [0, 0.1) is 17.5 Å². The number of benzene rings is 2. The maximum atomic E-state index is 13.0. The Morgan fingerprint density at radius 3 is 2.35 bits per heavy atom. The number of rotatable bonds is 4. The summed E-state index contributed by atoms with van der Waals surface area (Å²) in [6, 6.07) is 6.42. The van der Waals surface area contributed by atoms with E-state index < -0.39 is 29.8 Å². The Morgan fingerprint density at radius 2 is 1.70 bits per heavy atom. The molecule has 0 saturated heterocycles. The molecule has 2 nitrogen and oxygen atoms in total. The number of Topliss-reactive ketones (excluding diaryl/α,β-unsaturated/α-hetero) is 1. The topological polar surface area (TPSA) is 26.3 Å². The first-order valence-electron chi connectivity index (χ1n) is 5.53. The van der Waals surface area contributed by atoms with Crippen molar-refractivity contribution in [3.8, 4) is 5.75 Å². The van der Waals surface area contributed by atoms with Crippen LogP contribution in [0.5, 0.6) is 5.75 Å². The molecule has 0 heterocycles. The van der Waals surface area contributed by atoms with E-state index in [9.17, 15) is 18.0 Å². The van der Waals surface area contributed by atoms with Gasteiger partial charge in [0.1, 0.15) is 11.6 Å². The highest BCUT2D eigenvalue weighted by Gasteiger charge is 2.11. The summed E-state index contributed by atoms with van der Waals surface area (Å²) in [6.45, 7) is -0.396. The van der Waals surface area contributed by atoms with Crippen LogP contribution >= 0.6 is 11.6 Å². The van der Waals surface area contributed by atoms with Crippen molar-refractivity contribution in [2.24, 2.45) is 0 Å². The van der Waals surface area contributed by atoms with Gasteiger partial charge in [0, 0.05) is 11.6 Å². The average Bonchev–Trinajstić information content (AvgIpc) is 2.43. The van der Waals surface area contributed by atoms with Crippen molar-refractivity contribution >= 4 is 17.4 Å². The number of ketones is 1. The summed E-state index contributed by atoms with van der Waals surface area (Å²) in [5, 5.41) is -0.136. The Balaban J connectivity index is 2.04. The van der Waals surface area contributed by atoms with Gasteiger partial charge in [-0.3, -0.25) is 4.79 Å². The molecule has 0 aromatic heterocycles. The molecule has 0 aliphatic rings. The Bertz CT molecular complexity index is 659. The summed E-state index contributed by atoms with van der Waals surface area (Å²) in [6.07, 6.45) is 0. The lowest BCUT2D eigenvalue weighted by atomic mass is 10.1. The lowest BCUT2D eigenvalue weighted by Gasteiger charge is -2.06. The van der Waals surface area contributed by atoms with Gasteiger partial charge in [-0.15, -0.1) is 0 Å². The highest BCUT2D eigenvalue weighted by Crippen LogP contribution is 2.21. The molecule has 0 bridgehead atoms. The zero-order chi connectivity index (χ0) is 14.7. The Kier molecular flexibility index (Phi) is 4.29. The smallest absolute Gasteiger partial charge is 0.200 e. The normalized spacial score (nSPS) is 10.4. The molecular weight excluding hydrogens is 293 g/mol. The summed E-state index contributed by atoms with van der Waals surface area (Å²) in [5.74, 6) is -3.09. The van der Waals surface area contributed by atoms with Crippen LogP contribution in [0.15, 0.2) is 36.4 Å². The molecule has 104 valence electrons. The van der Waals surface area contributed by atoms with E-state index in [0.29, 0.717) is 0 Å². The van der Waals surface area contributed by atoms with Crippen molar-refractivity contribution in [2.75, 3.05) is 6.61 Å². The monoisotopic (exact) mass is 300 g/mol. The number of carbonyl (C=O) groups is 1. The lowest BCUT2D eigenvalue weighted by Crippen LogP contribution is -2.12. The Hall–Kier alpha value is -2.01. The summed E-state index contributed by atoms with van der Waals surface area (Å²) in [7, 11) is 0. The molecule has 0 aliphatic heterocycles. The number of hydrogen-bond donors (Lipinski definition) is 0. The fraction of sp³-hybridized carbons (Fsp3) is 0.0714. The van der Waals surface area contributed by atoms with Crippen LogP contribution in [0.4, 0.5) is 13.2 Å². The average molecular weight is 301 g/mol. The second-order valence-electron chi connectivity index (χ2n) is 3.92. The van der Waals surface area contributed by atoms with Crippen molar-refractivity contribution in [1.82, 2.24) is 0 Å². The Labute approximate surface area is 117 Å². The molecule has 2 rings (SSSR count). The second kappa shape index (κ2) is 5.96. The van der Waals surface area contributed by atoms with Gasteiger partial charge in [-0.05, 0) is 30.3 Å². The molecular formula is C14H8ClF3O2. The SMILES string of the molecule is O=C(COc1ccc(F)c(Cl)c1)c1ccc(F)c(F)c1. The minimum atomic E-state index is -1.11. The molecule has 0 amide bonds. The Morgan fingerprint density at radius 1 is 1.00 bits per heavy atom. The van der Waals surface area contributed by atoms with E-state index in [-0.39, 0.29) is 16.3 Å². The van der Waals surface area contributed by atoms with Gasteiger partial charge < -0.3 is 4.74 Å².